The number of rotatable bonds is 12. The van der Waals surface area contributed by atoms with Crippen molar-refractivity contribution in [3.8, 4) is 11.5 Å². The zero-order valence-corrected chi connectivity index (χ0v) is 27.0. The number of hydrazone groups is 1. The second-order valence-corrected chi connectivity index (χ2v) is 12.3. The highest BCUT2D eigenvalue weighted by Crippen LogP contribution is 2.35. The Balaban J connectivity index is 1.22. The van der Waals surface area contributed by atoms with Crippen molar-refractivity contribution in [1.29, 1.82) is 0 Å². The molecule has 0 saturated heterocycles. The molecule has 0 fully saturated rings. The molecule has 0 saturated carbocycles. The van der Waals surface area contributed by atoms with Crippen LogP contribution in [-0.2, 0) is 17.9 Å². The molecule has 3 aromatic carbocycles. The number of hydrogen-bond acceptors (Lipinski definition) is 9. The van der Waals surface area contributed by atoms with Gasteiger partial charge in [0.15, 0.2) is 11.0 Å². The van der Waals surface area contributed by atoms with Gasteiger partial charge in [-0.3, -0.25) is 9.59 Å². The maximum absolute atomic E-state index is 13.9. The Morgan fingerprint density at radius 2 is 1.63 bits per heavy atom. The fourth-order valence-electron chi connectivity index (χ4n) is 5.11. The second kappa shape index (κ2) is 14.4. The monoisotopic (exact) mass is 652 g/mol. The number of benzene rings is 3. The quantitative estimate of drug-likeness (QED) is 0.170. The molecule has 1 aliphatic heterocycles. The van der Waals surface area contributed by atoms with Crippen LogP contribution in [0.3, 0.4) is 0 Å². The van der Waals surface area contributed by atoms with E-state index in [9.17, 15) is 9.59 Å². The van der Waals surface area contributed by atoms with E-state index in [-0.39, 0.29) is 30.2 Å². The van der Waals surface area contributed by atoms with E-state index in [4.69, 9.17) is 14.6 Å². The molecule has 2 amide bonds. The minimum absolute atomic E-state index is 0.0977. The van der Waals surface area contributed by atoms with Crippen LogP contribution in [-0.4, -0.2) is 57.3 Å². The van der Waals surface area contributed by atoms with Gasteiger partial charge in [-0.2, -0.15) is 5.10 Å². The summed E-state index contributed by atoms with van der Waals surface area (Å²) in [5, 5.41) is 20.6. The minimum atomic E-state index is -0.277. The summed E-state index contributed by atoms with van der Waals surface area (Å²) < 4.78 is 12.6. The van der Waals surface area contributed by atoms with Crippen molar-refractivity contribution < 1.29 is 19.1 Å². The van der Waals surface area contributed by atoms with Crippen molar-refractivity contribution >= 4 is 40.6 Å². The first-order valence-electron chi connectivity index (χ1n) is 14.6. The van der Waals surface area contributed by atoms with Crippen molar-refractivity contribution in [2.24, 2.45) is 5.10 Å². The highest BCUT2D eigenvalue weighted by Gasteiger charge is 2.33. The Morgan fingerprint density at radius 1 is 0.913 bits per heavy atom. The number of amides is 2. The van der Waals surface area contributed by atoms with Gasteiger partial charge in [-0.1, -0.05) is 60.3 Å². The lowest BCUT2D eigenvalue weighted by Gasteiger charge is -2.22. The van der Waals surface area contributed by atoms with Crippen LogP contribution in [0.2, 0.25) is 0 Å². The van der Waals surface area contributed by atoms with Crippen molar-refractivity contribution in [1.82, 2.24) is 25.1 Å². The third-order valence-corrected chi connectivity index (χ3v) is 9.36. The van der Waals surface area contributed by atoms with Gasteiger partial charge in [0.05, 0.1) is 49.7 Å². The Hall–Kier alpha value is -4.94. The molecular formula is C34H32N6O4S2. The first-order valence-corrected chi connectivity index (χ1v) is 16.5. The zero-order chi connectivity index (χ0) is 31.9. The van der Waals surface area contributed by atoms with E-state index in [2.05, 4.69) is 15.5 Å². The molecule has 46 heavy (non-hydrogen) atoms. The van der Waals surface area contributed by atoms with Crippen LogP contribution in [0.4, 0.5) is 0 Å². The molecule has 0 radical (unpaired) electrons. The number of thioether (sulfide) groups is 1. The fraction of sp³-hybridized carbons (Fsp3) is 0.206. The third kappa shape index (κ3) is 7.13. The summed E-state index contributed by atoms with van der Waals surface area (Å²) in [4.78, 5) is 27.1. The van der Waals surface area contributed by atoms with Crippen molar-refractivity contribution in [2.45, 2.75) is 30.7 Å². The number of thiophene rings is 1. The molecule has 3 heterocycles. The summed E-state index contributed by atoms with van der Waals surface area (Å²) >= 11 is 2.68. The Kier molecular flexibility index (Phi) is 9.75. The molecular weight excluding hydrogens is 621 g/mol. The average molecular weight is 653 g/mol. The largest absolute Gasteiger partial charge is 0.497 e. The lowest BCUT2D eigenvalue weighted by molar-refractivity contribution is -0.130. The van der Waals surface area contributed by atoms with Gasteiger partial charge < -0.3 is 19.4 Å². The number of methoxy groups -OCH3 is 2. The highest BCUT2D eigenvalue weighted by molar-refractivity contribution is 7.99. The topological polar surface area (TPSA) is 111 Å². The van der Waals surface area contributed by atoms with Crippen LogP contribution >= 0.6 is 23.1 Å². The van der Waals surface area contributed by atoms with E-state index in [0.717, 1.165) is 33.9 Å². The molecule has 1 unspecified atom stereocenters. The molecule has 5 aromatic rings. The predicted octanol–water partition coefficient (Wildman–Crippen LogP) is 5.81. The normalized spacial score (nSPS) is 14.2. The number of carbonyl (C=O) groups is 2. The molecule has 1 aliphatic rings. The van der Waals surface area contributed by atoms with E-state index >= 15 is 0 Å². The van der Waals surface area contributed by atoms with Crippen LogP contribution in [0, 0.1) is 0 Å². The average Bonchev–Trinajstić information content (AvgIpc) is 3.88. The smallest absolute Gasteiger partial charge is 0.261 e. The first kappa shape index (κ1) is 31.1. The van der Waals surface area contributed by atoms with Gasteiger partial charge in [0.25, 0.3) is 11.8 Å². The molecule has 10 nitrogen and oxygen atoms in total. The summed E-state index contributed by atoms with van der Waals surface area (Å²) in [6.07, 6.45) is 0.563. The molecule has 6 rings (SSSR count). The Morgan fingerprint density at radius 3 is 2.30 bits per heavy atom. The van der Waals surface area contributed by atoms with Gasteiger partial charge >= 0.3 is 0 Å². The second-order valence-electron chi connectivity index (χ2n) is 10.4. The lowest BCUT2D eigenvalue weighted by atomic mass is 9.98. The fourth-order valence-corrected chi connectivity index (χ4v) is 6.56. The summed E-state index contributed by atoms with van der Waals surface area (Å²) in [5.74, 6) is 1.87. The van der Waals surface area contributed by atoms with Crippen LogP contribution in [0.1, 0.15) is 44.6 Å². The molecule has 2 aromatic heterocycles. The molecule has 0 aliphatic carbocycles. The van der Waals surface area contributed by atoms with Crippen molar-refractivity contribution in [3.63, 3.8) is 0 Å². The lowest BCUT2D eigenvalue weighted by Crippen LogP contribution is -2.28. The highest BCUT2D eigenvalue weighted by atomic mass is 32.2. The van der Waals surface area contributed by atoms with Crippen molar-refractivity contribution in [2.75, 3.05) is 20.0 Å². The van der Waals surface area contributed by atoms with Crippen molar-refractivity contribution in [3.05, 3.63) is 124 Å². The molecule has 234 valence electrons. The van der Waals surface area contributed by atoms with Gasteiger partial charge in [-0.15, -0.1) is 21.5 Å². The first-order chi connectivity index (χ1) is 22.5. The van der Waals surface area contributed by atoms with Gasteiger partial charge in [-0.25, -0.2) is 5.01 Å². The standard InChI is InChI=1S/C34H32N6O4S2/c1-43-26-14-10-24(11-15-26)28-19-29(25-12-16-27(44-2)17-13-25)40(38-28)32(41)22-46-34-37-36-31(20-35-33(42)30-9-6-18-45-30)39(34)21-23-7-4-3-5-8-23/h3-18,29H,19-22H2,1-2H3,(H,35,42). The van der Waals surface area contributed by atoms with Crippen LogP contribution < -0.4 is 14.8 Å². The minimum Gasteiger partial charge on any atom is -0.497 e. The number of nitrogens with one attached hydrogen (secondary N) is 1. The van der Waals surface area contributed by atoms with E-state index in [1.807, 2.05) is 94.9 Å². The van der Waals surface area contributed by atoms with Gasteiger partial charge in [0.2, 0.25) is 0 Å². The maximum atomic E-state index is 13.9. The van der Waals surface area contributed by atoms with E-state index < -0.39 is 0 Å². The Bertz CT molecular complexity index is 1810. The summed E-state index contributed by atoms with van der Waals surface area (Å²) in [6, 6.07) is 28.7. The number of nitrogens with zero attached hydrogens (tertiary/aromatic N) is 5. The summed E-state index contributed by atoms with van der Waals surface area (Å²) in [5.41, 5.74) is 3.76. The molecule has 0 bridgehead atoms. The summed E-state index contributed by atoms with van der Waals surface area (Å²) in [7, 11) is 3.26. The number of hydrogen-bond donors (Lipinski definition) is 1. The molecule has 1 N–H and O–H groups in total. The number of carbonyl (C=O) groups excluding carboxylic acids is 2. The summed E-state index contributed by atoms with van der Waals surface area (Å²) in [6.45, 7) is 0.693. The van der Waals surface area contributed by atoms with E-state index in [1.165, 1.54) is 23.1 Å². The van der Waals surface area contributed by atoms with E-state index in [0.29, 0.717) is 28.8 Å². The molecule has 1 atom stereocenters. The molecule has 0 spiro atoms. The predicted molar refractivity (Wildman–Crippen MR) is 179 cm³/mol. The van der Waals surface area contributed by atoms with Gasteiger partial charge in [0.1, 0.15) is 11.5 Å². The van der Waals surface area contributed by atoms with Crippen LogP contribution in [0.25, 0.3) is 0 Å². The molecule has 12 heteroatoms. The van der Waals surface area contributed by atoms with Gasteiger partial charge in [-0.05, 0) is 64.5 Å². The number of ether oxygens (including phenoxy) is 2. The SMILES string of the molecule is COc1ccc(C2=NN(C(=O)CSc3nnc(CNC(=O)c4cccs4)n3Cc3ccccc3)C(c3ccc(OC)cc3)C2)cc1. The number of aromatic nitrogens is 3. The zero-order valence-electron chi connectivity index (χ0n) is 25.3. The maximum Gasteiger partial charge on any atom is 0.261 e. The van der Waals surface area contributed by atoms with E-state index in [1.54, 1.807) is 25.3 Å². The third-order valence-electron chi connectivity index (χ3n) is 7.54. The Labute approximate surface area is 275 Å². The van der Waals surface area contributed by atoms with Gasteiger partial charge in [0, 0.05) is 6.42 Å². The van der Waals surface area contributed by atoms with Crippen LogP contribution in [0.15, 0.2) is 107 Å². The van der Waals surface area contributed by atoms with Crippen LogP contribution in [0.5, 0.6) is 11.5 Å².